The van der Waals surface area contributed by atoms with E-state index < -0.39 is 16.1 Å². The lowest BCUT2D eigenvalue weighted by Crippen LogP contribution is -2.50. The molecule has 2 aliphatic carbocycles. The van der Waals surface area contributed by atoms with Crippen LogP contribution in [0, 0.1) is 11.8 Å². The zero-order valence-electron chi connectivity index (χ0n) is 20.6. The lowest BCUT2D eigenvalue weighted by molar-refractivity contribution is -0.138. The van der Waals surface area contributed by atoms with Crippen molar-refractivity contribution in [3.8, 4) is 5.75 Å². The van der Waals surface area contributed by atoms with Crippen LogP contribution in [0.2, 0.25) is 0 Å². The largest absolute Gasteiger partial charge is 0.487 e. The van der Waals surface area contributed by atoms with Crippen molar-refractivity contribution in [1.29, 1.82) is 0 Å². The molecule has 3 atom stereocenters. The minimum atomic E-state index is -3.86. The van der Waals surface area contributed by atoms with Crippen LogP contribution >= 0.6 is 0 Å². The van der Waals surface area contributed by atoms with Crippen LogP contribution in [-0.2, 0) is 14.8 Å². The molecule has 188 valence electrons. The van der Waals surface area contributed by atoms with Gasteiger partial charge in [0.2, 0.25) is 15.9 Å². The van der Waals surface area contributed by atoms with E-state index in [0.717, 1.165) is 44.1 Å². The summed E-state index contributed by atoms with van der Waals surface area (Å²) < 4.78 is 35.1. The van der Waals surface area contributed by atoms with E-state index >= 15 is 0 Å². The van der Waals surface area contributed by atoms with Crippen molar-refractivity contribution in [2.24, 2.45) is 11.8 Å². The number of likely N-dealkylation sites (N-methyl/N-ethyl adjacent to an activating group) is 1. The van der Waals surface area contributed by atoms with E-state index in [1.807, 2.05) is 26.1 Å². The molecule has 3 aliphatic rings. The summed E-state index contributed by atoms with van der Waals surface area (Å²) in [6.45, 7) is 4.01. The standard InChI is InChI=1S/C26H38N2O5S/c1-18-15-28(19(2)17-29)34(31,32)25-13-12-22(20-8-5-4-6-9-20)14-23(25)33-24(18)16-27(3)26(30)21-10-7-11-21/h8,12-14,18-19,21,24,29H,4-7,9-11,15-17H2,1-3H3/t18-,19-,24-/m0/s1. The first-order valence-corrected chi connectivity index (χ1v) is 14.0. The van der Waals surface area contributed by atoms with Gasteiger partial charge in [-0.3, -0.25) is 4.79 Å². The first-order valence-electron chi connectivity index (χ1n) is 12.6. The molecular formula is C26H38N2O5S. The second-order valence-electron chi connectivity index (χ2n) is 10.2. The number of benzene rings is 1. The van der Waals surface area contributed by atoms with Crippen molar-refractivity contribution in [2.75, 3.05) is 26.7 Å². The summed E-state index contributed by atoms with van der Waals surface area (Å²) in [6, 6.07) is 4.80. The maximum absolute atomic E-state index is 13.6. The van der Waals surface area contributed by atoms with Gasteiger partial charge < -0.3 is 14.7 Å². The number of rotatable bonds is 6. The Balaban J connectivity index is 1.71. The molecular weight excluding hydrogens is 452 g/mol. The highest BCUT2D eigenvalue weighted by Crippen LogP contribution is 2.37. The lowest BCUT2D eigenvalue weighted by Gasteiger charge is -2.38. The normalized spacial score (nSPS) is 26.2. The molecule has 0 spiro atoms. The Bertz CT molecular complexity index is 1030. The number of allylic oxidation sites excluding steroid dienone is 2. The smallest absolute Gasteiger partial charge is 0.247 e. The Morgan fingerprint density at radius 2 is 2.03 bits per heavy atom. The Labute approximate surface area is 203 Å². The zero-order chi connectivity index (χ0) is 24.5. The summed E-state index contributed by atoms with van der Waals surface area (Å²) >= 11 is 0. The van der Waals surface area contributed by atoms with Crippen LogP contribution in [0.4, 0.5) is 0 Å². The van der Waals surface area contributed by atoms with Crippen molar-refractivity contribution < 1.29 is 23.1 Å². The summed E-state index contributed by atoms with van der Waals surface area (Å²) in [6.07, 6.45) is 9.13. The molecule has 1 N–H and O–H groups in total. The molecule has 0 unspecified atom stereocenters. The Morgan fingerprint density at radius 1 is 1.26 bits per heavy atom. The number of sulfonamides is 1. The van der Waals surface area contributed by atoms with Gasteiger partial charge in [0.1, 0.15) is 16.7 Å². The SMILES string of the molecule is C[C@H]1CN([C@@H](C)CO)S(=O)(=O)c2ccc(C3=CCCCC3)cc2O[C@H]1CN(C)C(=O)C1CCC1. The van der Waals surface area contributed by atoms with E-state index in [0.29, 0.717) is 12.3 Å². The third-order valence-electron chi connectivity index (χ3n) is 7.61. The highest BCUT2D eigenvalue weighted by molar-refractivity contribution is 7.89. The number of amides is 1. The van der Waals surface area contributed by atoms with Crippen LogP contribution in [0.15, 0.2) is 29.2 Å². The zero-order valence-corrected chi connectivity index (χ0v) is 21.4. The average molecular weight is 491 g/mol. The van der Waals surface area contributed by atoms with Gasteiger partial charge in [-0.2, -0.15) is 4.31 Å². The number of carbonyl (C=O) groups is 1. The average Bonchev–Trinajstić information content (AvgIpc) is 2.79. The number of hydrogen-bond acceptors (Lipinski definition) is 5. The van der Waals surface area contributed by atoms with Gasteiger partial charge in [-0.1, -0.05) is 25.5 Å². The van der Waals surface area contributed by atoms with E-state index in [1.54, 1.807) is 17.9 Å². The molecule has 8 heteroatoms. The highest BCUT2D eigenvalue weighted by atomic mass is 32.2. The van der Waals surface area contributed by atoms with Crippen LogP contribution < -0.4 is 4.74 Å². The molecule has 1 aliphatic heterocycles. The Morgan fingerprint density at radius 3 is 2.65 bits per heavy atom. The van der Waals surface area contributed by atoms with E-state index in [4.69, 9.17) is 4.74 Å². The molecule has 1 amide bonds. The number of nitrogens with zero attached hydrogens (tertiary/aromatic N) is 2. The van der Waals surface area contributed by atoms with Crippen molar-refractivity contribution in [2.45, 2.75) is 75.8 Å². The molecule has 1 aromatic rings. The first-order chi connectivity index (χ1) is 16.2. The summed E-state index contributed by atoms with van der Waals surface area (Å²) in [5, 5.41) is 9.81. The minimum absolute atomic E-state index is 0.0947. The van der Waals surface area contributed by atoms with E-state index in [2.05, 4.69) is 6.08 Å². The van der Waals surface area contributed by atoms with Gasteiger partial charge in [-0.15, -0.1) is 0 Å². The maximum atomic E-state index is 13.6. The number of carbonyl (C=O) groups excluding carboxylic acids is 1. The fraction of sp³-hybridized carbons (Fsp3) is 0.654. The summed E-state index contributed by atoms with van der Waals surface area (Å²) in [7, 11) is -2.05. The monoisotopic (exact) mass is 490 g/mol. The predicted molar refractivity (Wildman–Crippen MR) is 132 cm³/mol. The first kappa shape index (κ1) is 25.2. The molecule has 34 heavy (non-hydrogen) atoms. The summed E-state index contributed by atoms with van der Waals surface area (Å²) in [4.78, 5) is 14.7. The quantitative estimate of drug-likeness (QED) is 0.658. The molecule has 7 nitrogen and oxygen atoms in total. The minimum Gasteiger partial charge on any atom is -0.487 e. The Hall–Kier alpha value is -1.90. The molecule has 0 saturated heterocycles. The second kappa shape index (κ2) is 10.4. The predicted octanol–water partition coefficient (Wildman–Crippen LogP) is 3.67. The molecule has 1 fully saturated rings. The van der Waals surface area contributed by atoms with Crippen molar-refractivity contribution in [3.63, 3.8) is 0 Å². The van der Waals surface area contributed by atoms with E-state index in [1.165, 1.54) is 16.3 Å². The third-order valence-corrected chi connectivity index (χ3v) is 9.63. The summed E-state index contributed by atoms with van der Waals surface area (Å²) in [5.74, 6) is 0.391. The van der Waals surface area contributed by atoms with Gasteiger partial charge in [0.25, 0.3) is 0 Å². The molecule has 4 rings (SSSR count). The lowest BCUT2D eigenvalue weighted by atomic mass is 9.84. The van der Waals surface area contributed by atoms with Gasteiger partial charge >= 0.3 is 0 Å². The van der Waals surface area contributed by atoms with Gasteiger partial charge in [0.15, 0.2) is 0 Å². The van der Waals surface area contributed by atoms with E-state index in [-0.39, 0.29) is 41.9 Å². The fourth-order valence-electron chi connectivity index (χ4n) is 5.07. The third kappa shape index (κ3) is 5.04. The molecule has 0 bridgehead atoms. The van der Waals surface area contributed by atoms with Crippen molar-refractivity contribution in [3.05, 3.63) is 29.8 Å². The van der Waals surface area contributed by atoms with Gasteiger partial charge in [-0.25, -0.2) is 8.42 Å². The fourth-order valence-corrected chi connectivity index (χ4v) is 6.90. The van der Waals surface area contributed by atoms with Crippen molar-refractivity contribution >= 4 is 21.5 Å². The molecule has 0 radical (unpaired) electrons. The Kier molecular flexibility index (Phi) is 7.69. The number of hydrogen-bond donors (Lipinski definition) is 1. The number of ether oxygens (including phenoxy) is 1. The molecule has 0 aromatic heterocycles. The number of aliphatic hydroxyl groups is 1. The molecule has 1 heterocycles. The van der Waals surface area contributed by atoms with Gasteiger partial charge in [0.05, 0.1) is 13.2 Å². The number of fused-ring (bicyclic) bond motifs is 1. The number of aliphatic hydroxyl groups excluding tert-OH is 1. The molecule has 1 saturated carbocycles. The highest BCUT2D eigenvalue weighted by Gasteiger charge is 2.39. The van der Waals surface area contributed by atoms with Crippen molar-refractivity contribution in [1.82, 2.24) is 9.21 Å². The van der Waals surface area contributed by atoms with Gasteiger partial charge in [0, 0.05) is 31.5 Å². The topological polar surface area (TPSA) is 87.2 Å². The van der Waals surface area contributed by atoms with Gasteiger partial charge in [-0.05, 0) is 68.7 Å². The molecule has 1 aromatic carbocycles. The van der Waals surface area contributed by atoms with Crippen LogP contribution in [0.25, 0.3) is 5.57 Å². The van der Waals surface area contributed by atoms with Crippen LogP contribution in [-0.4, -0.2) is 67.5 Å². The van der Waals surface area contributed by atoms with Crippen LogP contribution in [0.3, 0.4) is 0 Å². The second-order valence-corrected chi connectivity index (χ2v) is 12.1. The van der Waals surface area contributed by atoms with Crippen LogP contribution in [0.5, 0.6) is 5.75 Å². The maximum Gasteiger partial charge on any atom is 0.247 e. The van der Waals surface area contributed by atoms with E-state index in [9.17, 15) is 18.3 Å². The summed E-state index contributed by atoms with van der Waals surface area (Å²) in [5.41, 5.74) is 2.21. The van der Waals surface area contributed by atoms with Crippen LogP contribution in [0.1, 0.15) is 64.4 Å².